The van der Waals surface area contributed by atoms with Gasteiger partial charge in [-0.15, -0.1) is 0 Å². The molecule has 2 nitrogen and oxygen atoms in total. The first-order valence-corrected chi connectivity index (χ1v) is 10.7. The second kappa shape index (κ2) is 6.58. The number of aromatic nitrogens is 1. The summed E-state index contributed by atoms with van der Waals surface area (Å²) in [7, 11) is 0. The molecule has 1 heterocycles. The van der Waals surface area contributed by atoms with Gasteiger partial charge >= 0.3 is 0 Å². The van der Waals surface area contributed by atoms with Gasteiger partial charge in [-0.1, -0.05) is 36.8 Å². The van der Waals surface area contributed by atoms with Gasteiger partial charge in [-0.2, -0.15) is 0 Å². The Hall–Kier alpha value is -1.96. The molecule has 0 bridgehead atoms. The Balaban J connectivity index is 1.40. The van der Waals surface area contributed by atoms with Crippen LogP contribution in [0.25, 0.3) is 0 Å². The average molecular weight is 359 g/mol. The largest absolute Gasteiger partial charge is 0.287 e. The van der Waals surface area contributed by atoms with Crippen molar-refractivity contribution >= 4 is 5.71 Å². The molecule has 0 saturated heterocycles. The highest BCUT2D eigenvalue weighted by molar-refractivity contribution is 5.92. The molecular formula is C25H30N2. The summed E-state index contributed by atoms with van der Waals surface area (Å²) in [6.45, 7) is 5.49. The summed E-state index contributed by atoms with van der Waals surface area (Å²) < 4.78 is 0. The molecule has 1 aromatic carbocycles. The van der Waals surface area contributed by atoms with Crippen LogP contribution < -0.4 is 0 Å². The van der Waals surface area contributed by atoms with E-state index in [0.29, 0.717) is 5.41 Å². The minimum absolute atomic E-state index is 0.318. The summed E-state index contributed by atoms with van der Waals surface area (Å²) in [5.74, 6) is 2.44. The topological polar surface area (TPSA) is 25.2 Å². The number of pyridine rings is 1. The molecule has 0 aliphatic heterocycles. The lowest BCUT2D eigenvalue weighted by atomic mass is 9.55. The molecule has 0 radical (unpaired) electrons. The fraction of sp³-hybridized carbons (Fsp3) is 0.520. The summed E-state index contributed by atoms with van der Waals surface area (Å²) >= 11 is 0. The number of hydrogen-bond acceptors (Lipinski definition) is 2. The Bertz CT molecular complexity index is 869. The fourth-order valence-electron chi connectivity index (χ4n) is 6.43. The van der Waals surface area contributed by atoms with Crippen LogP contribution in [0.2, 0.25) is 0 Å². The number of hydrogen-bond donors (Lipinski definition) is 0. The van der Waals surface area contributed by atoms with Gasteiger partial charge in [-0.3, -0.25) is 9.98 Å². The zero-order chi connectivity index (χ0) is 18.4. The van der Waals surface area contributed by atoms with Crippen molar-refractivity contribution in [3.8, 4) is 0 Å². The van der Waals surface area contributed by atoms with Crippen LogP contribution in [0.5, 0.6) is 0 Å². The number of rotatable bonds is 2. The Morgan fingerprint density at radius 2 is 2.04 bits per heavy atom. The van der Waals surface area contributed by atoms with Crippen LogP contribution in [0.3, 0.4) is 0 Å². The van der Waals surface area contributed by atoms with Crippen molar-refractivity contribution in [1.29, 1.82) is 0 Å². The van der Waals surface area contributed by atoms with Crippen molar-refractivity contribution in [2.24, 2.45) is 22.2 Å². The van der Waals surface area contributed by atoms with Gasteiger partial charge in [0.2, 0.25) is 0 Å². The van der Waals surface area contributed by atoms with E-state index in [4.69, 9.17) is 4.99 Å². The van der Waals surface area contributed by atoms with E-state index in [0.717, 1.165) is 30.0 Å². The van der Waals surface area contributed by atoms with Crippen molar-refractivity contribution in [3.05, 3.63) is 65.0 Å². The third-order valence-electron chi connectivity index (χ3n) is 7.78. The second-order valence-electron chi connectivity index (χ2n) is 9.20. The van der Waals surface area contributed by atoms with Crippen LogP contribution in [-0.4, -0.2) is 10.7 Å². The second-order valence-corrected chi connectivity index (χ2v) is 9.20. The summed E-state index contributed by atoms with van der Waals surface area (Å²) in [5.41, 5.74) is 7.59. The first kappa shape index (κ1) is 17.2. The first-order chi connectivity index (χ1) is 13.1. The Morgan fingerprint density at radius 1 is 1.11 bits per heavy atom. The molecule has 0 amide bonds. The van der Waals surface area contributed by atoms with Gasteiger partial charge in [-0.25, -0.2) is 0 Å². The predicted octanol–water partition coefficient (Wildman–Crippen LogP) is 5.89. The number of fused-ring (bicyclic) bond motifs is 5. The lowest BCUT2D eigenvalue weighted by Gasteiger charge is -2.49. The molecule has 2 fully saturated rings. The molecule has 27 heavy (non-hydrogen) atoms. The number of aliphatic imine (C=N–C) groups is 1. The highest BCUT2D eigenvalue weighted by Crippen LogP contribution is 2.59. The smallest absolute Gasteiger partial charge is 0.0811 e. The van der Waals surface area contributed by atoms with E-state index in [1.165, 1.54) is 49.8 Å². The van der Waals surface area contributed by atoms with Crippen molar-refractivity contribution in [2.75, 3.05) is 0 Å². The van der Waals surface area contributed by atoms with Gasteiger partial charge in [0, 0.05) is 17.3 Å². The van der Waals surface area contributed by atoms with Crippen molar-refractivity contribution in [3.63, 3.8) is 0 Å². The number of aryl methyl sites for hydroxylation is 2. The summed E-state index contributed by atoms with van der Waals surface area (Å²) in [6.07, 6.45) is 9.67. The van der Waals surface area contributed by atoms with E-state index < -0.39 is 0 Å². The van der Waals surface area contributed by atoms with Crippen LogP contribution in [0, 0.1) is 24.2 Å². The molecule has 2 aromatic rings. The fourth-order valence-corrected chi connectivity index (χ4v) is 6.43. The Kier molecular flexibility index (Phi) is 4.18. The van der Waals surface area contributed by atoms with Crippen LogP contribution >= 0.6 is 0 Å². The van der Waals surface area contributed by atoms with Crippen molar-refractivity contribution < 1.29 is 0 Å². The number of nitrogens with zero attached hydrogens (tertiary/aromatic N) is 2. The lowest BCUT2D eigenvalue weighted by molar-refractivity contribution is 0.0955. The third-order valence-corrected chi connectivity index (χ3v) is 7.78. The van der Waals surface area contributed by atoms with E-state index in [-0.39, 0.29) is 0 Å². The lowest BCUT2D eigenvalue weighted by Crippen LogP contribution is -2.42. The van der Waals surface area contributed by atoms with Gasteiger partial charge < -0.3 is 0 Å². The van der Waals surface area contributed by atoms with Crippen molar-refractivity contribution in [2.45, 2.75) is 64.8 Å². The highest BCUT2D eigenvalue weighted by atomic mass is 14.8. The molecule has 140 valence electrons. The molecular weight excluding hydrogens is 328 g/mol. The monoisotopic (exact) mass is 358 g/mol. The van der Waals surface area contributed by atoms with E-state index in [1.54, 1.807) is 11.1 Å². The first-order valence-electron chi connectivity index (χ1n) is 10.7. The molecule has 0 unspecified atom stereocenters. The summed E-state index contributed by atoms with van der Waals surface area (Å²) in [6, 6.07) is 13.3. The van der Waals surface area contributed by atoms with Crippen molar-refractivity contribution in [1.82, 2.24) is 4.98 Å². The van der Waals surface area contributed by atoms with Crippen LogP contribution in [0.15, 0.2) is 47.6 Å². The normalized spacial score (nSPS) is 33.4. The Labute approximate surface area is 163 Å². The standard InChI is InChI=1S/C25H30N2/c1-17-6-8-20-18(15-17)7-9-22-21(20)12-13-25(2)23(22)10-11-24(25)27-16-19-5-3-4-14-26-19/h3-6,8,14-15,21-23H,7,9-13,16H2,1-2H3/t21-,22-,23+,25+/m1/s1. The van der Waals surface area contributed by atoms with Gasteiger partial charge in [0.15, 0.2) is 0 Å². The minimum Gasteiger partial charge on any atom is -0.287 e. The molecule has 2 saturated carbocycles. The highest BCUT2D eigenvalue weighted by Gasteiger charge is 2.53. The maximum atomic E-state index is 5.10. The maximum absolute atomic E-state index is 5.10. The van der Waals surface area contributed by atoms with Crippen LogP contribution in [-0.2, 0) is 13.0 Å². The van der Waals surface area contributed by atoms with E-state index in [2.05, 4.69) is 49.2 Å². The molecule has 0 spiro atoms. The van der Waals surface area contributed by atoms with E-state index in [9.17, 15) is 0 Å². The maximum Gasteiger partial charge on any atom is 0.0811 e. The van der Waals surface area contributed by atoms with Gasteiger partial charge in [0.25, 0.3) is 0 Å². The van der Waals surface area contributed by atoms with E-state index in [1.807, 2.05) is 12.3 Å². The molecule has 2 heteroatoms. The van der Waals surface area contributed by atoms with Gasteiger partial charge in [0.05, 0.1) is 12.2 Å². The molecule has 4 atom stereocenters. The quantitative estimate of drug-likeness (QED) is 0.657. The average Bonchev–Trinajstić information content (AvgIpc) is 3.03. The van der Waals surface area contributed by atoms with Crippen LogP contribution in [0.4, 0.5) is 0 Å². The molecule has 5 rings (SSSR count). The SMILES string of the molecule is Cc1ccc2c(c1)CC[C@@H]1[C@@H]2CC[C@]2(C)C(=NCc3ccccn3)CC[C@@H]12. The minimum atomic E-state index is 0.318. The Morgan fingerprint density at radius 3 is 2.89 bits per heavy atom. The molecule has 0 N–H and O–H groups in total. The third kappa shape index (κ3) is 2.85. The molecule has 3 aliphatic rings. The molecule has 3 aliphatic carbocycles. The zero-order valence-electron chi connectivity index (χ0n) is 16.6. The molecule has 1 aromatic heterocycles. The van der Waals surface area contributed by atoms with E-state index >= 15 is 0 Å². The van der Waals surface area contributed by atoms with Crippen LogP contribution in [0.1, 0.15) is 67.3 Å². The zero-order valence-corrected chi connectivity index (χ0v) is 16.6. The van der Waals surface area contributed by atoms with Gasteiger partial charge in [-0.05, 0) is 86.5 Å². The number of benzene rings is 1. The summed E-state index contributed by atoms with van der Waals surface area (Å²) in [4.78, 5) is 9.55. The summed E-state index contributed by atoms with van der Waals surface area (Å²) in [5, 5.41) is 0. The predicted molar refractivity (Wildman–Crippen MR) is 111 cm³/mol. The van der Waals surface area contributed by atoms with Gasteiger partial charge in [0.1, 0.15) is 0 Å².